The minimum absolute atomic E-state index is 0.127. The maximum absolute atomic E-state index is 12.0. The number of aryl methyl sites for hydroxylation is 1. The van der Waals surface area contributed by atoms with E-state index in [1.165, 1.54) is 6.42 Å². The van der Waals surface area contributed by atoms with Crippen LogP contribution in [0.3, 0.4) is 0 Å². The minimum atomic E-state index is -3.22. The van der Waals surface area contributed by atoms with Gasteiger partial charge in [0.2, 0.25) is 10.0 Å². The van der Waals surface area contributed by atoms with E-state index in [1.807, 2.05) is 29.9 Å². The summed E-state index contributed by atoms with van der Waals surface area (Å²) in [5.74, 6) is 2.06. The van der Waals surface area contributed by atoms with Crippen LogP contribution in [-0.2, 0) is 10.0 Å². The third-order valence-corrected chi connectivity index (χ3v) is 10.5. The zero-order valence-corrected chi connectivity index (χ0v) is 25.3. The van der Waals surface area contributed by atoms with Crippen LogP contribution in [0.1, 0.15) is 50.9 Å². The molecule has 2 saturated heterocycles. The lowest BCUT2D eigenvalue weighted by Crippen LogP contribution is -2.54. The van der Waals surface area contributed by atoms with Crippen molar-refractivity contribution in [3.05, 3.63) is 45.7 Å². The topological polar surface area (TPSA) is 96.3 Å². The highest BCUT2D eigenvalue weighted by atomic mass is 35.5. The zero-order chi connectivity index (χ0) is 27.9. The van der Waals surface area contributed by atoms with Crippen molar-refractivity contribution in [3.63, 3.8) is 0 Å². The predicted octanol–water partition coefficient (Wildman–Crippen LogP) is 4.53. The Hall–Kier alpha value is -1.98. The Morgan fingerprint density at radius 1 is 1.13 bits per heavy atom. The van der Waals surface area contributed by atoms with Gasteiger partial charge in [0.1, 0.15) is 11.3 Å². The van der Waals surface area contributed by atoms with Gasteiger partial charge in [-0.15, -0.1) is 0 Å². The van der Waals surface area contributed by atoms with Gasteiger partial charge in [-0.05, 0) is 76.6 Å². The molecule has 39 heavy (non-hydrogen) atoms. The fourth-order valence-electron chi connectivity index (χ4n) is 5.63. The van der Waals surface area contributed by atoms with Crippen LogP contribution < -0.4 is 9.62 Å². The van der Waals surface area contributed by atoms with Crippen LogP contribution >= 0.6 is 23.2 Å². The van der Waals surface area contributed by atoms with Gasteiger partial charge < -0.3 is 9.80 Å². The first kappa shape index (κ1) is 28.5. The van der Waals surface area contributed by atoms with Gasteiger partial charge in [0.05, 0.1) is 23.2 Å². The van der Waals surface area contributed by atoms with Crippen molar-refractivity contribution in [2.75, 3.05) is 44.2 Å². The summed E-state index contributed by atoms with van der Waals surface area (Å²) in [5.41, 5.74) is 3.31. The van der Waals surface area contributed by atoms with Crippen molar-refractivity contribution in [1.29, 1.82) is 0 Å². The summed E-state index contributed by atoms with van der Waals surface area (Å²) in [7, 11) is -3.22. The van der Waals surface area contributed by atoms with Gasteiger partial charge in [0.15, 0.2) is 5.65 Å². The molecule has 0 radical (unpaired) electrons. The highest BCUT2D eigenvalue weighted by Gasteiger charge is 2.36. The number of piperidine rings is 1. The van der Waals surface area contributed by atoms with E-state index in [-0.39, 0.29) is 6.04 Å². The Balaban J connectivity index is 1.23. The number of benzene rings is 1. The highest BCUT2D eigenvalue weighted by Crippen LogP contribution is 2.35. The zero-order valence-electron chi connectivity index (χ0n) is 22.9. The van der Waals surface area contributed by atoms with Crippen LogP contribution in [0.4, 0.5) is 5.82 Å². The first-order valence-corrected chi connectivity index (χ1v) is 16.0. The predicted molar refractivity (Wildman–Crippen MR) is 157 cm³/mol. The van der Waals surface area contributed by atoms with Gasteiger partial charge in [-0.25, -0.2) is 27.8 Å². The lowest BCUT2D eigenvalue weighted by Gasteiger charge is -2.47. The molecule has 0 bridgehead atoms. The number of rotatable bonds is 9. The molecule has 2 unspecified atom stereocenters. The van der Waals surface area contributed by atoms with E-state index in [4.69, 9.17) is 38.3 Å². The number of hydrogen-bond acceptors (Lipinski definition) is 7. The molecular formula is C27H37Cl2N7O2S. The van der Waals surface area contributed by atoms with Crippen molar-refractivity contribution in [2.45, 2.75) is 51.8 Å². The number of nitrogens with one attached hydrogen (secondary N) is 1. The smallest absolute Gasteiger partial charge is 0.213 e. The second kappa shape index (κ2) is 11.5. The normalized spacial score (nSPS) is 20.1. The van der Waals surface area contributed by atoms with Crippen LogP contribution in [0.5, 0.6) is 0 Å². The summed E-state index contributed by atoms with van der Waals surface area (Å²) in [6.07, 6.45) is 4.21. The Kier molecular flexibility index (Phi) is 8.41. The number of halogens is 2. The molecule has 4 heterocycles. The van der Waals surface area contributed by atoms with Crippen LogP contribution in [0.25, 0.3) is 11.2 Å². The molecule has 2 aliphatic rings. The molecule has 1 N–H and O–H groups in total. The van der Waals surface area contributed by atoms with E-state index >= 15 is 0 Å². The number of nitrogens with zero attached hydrogens (tertiary/aromatic N) is 6. The number of hydrogen-bond donors (Lipinski definition) is 1. The van der Waals surface area contributed by atoms with Crippen molar-refractivity contribution >= 4 is 50.2 Å². The standard InChI is InChI=1S/C27H37Cl2N7O2S/c1-17(2)39(37,38)31-9-11-34-10-5-6-20(14-34)21-15-35(16-21)25-13-30-26-18(3)33-36(27(26)32-25)19(4)23-8-7-22(28)12-24(23)29/h7-8,12-13,17,19-21,31H,5-6,9-11,14-16H2,1-4H3. The lowest BCUT2D eigenvalue weighted by molar-refractivity contribution is 0.121. The molecular weight excluding hydrogens is 557 g/mol. The number of anilines is 1. The molecule has 2 aromatic heterocycles. The summed E-state index contributed by atoms with van der Waals surface area (Å²) in [5, 5.41) is 5.55. The van der Waals surface area contributed by atoms with Gasteiger partial charge in [-0.1, -0.05) is 29.3 Å². The summed E-state index contributed by atoms with van der Waals surface area (Å²) in [6.45, 7) is 12.6. The summed E-state index contributed by atoms with van der Waals surface area (Å²) < 4.78 is 28.7. The Morgan fingerprint density at radius 3 is 2.62 bits per heavy atom. The summed E-state index contributed by atoms with van der Waals surface area (Å²) in [6, 6.07) is 5.40. The number of likely N-dealkylation sites (tertiary alicyclic amines) is 1. The second-order valence-electron chi connectivity index (χ2n) is 11.1. The largest absolute Gasteiger partial charge is 0.355 e. The quantitative estimate of drug-likeness (QED) is 0.389. The molecule has 212 valence electrons. The maximum Gasteiger partial charge on any atom is 0.213 e. The van der Waals surface area contributed by atoms with Crippen LogP contribution in [-0.4, -0.2) is 77.6 Å². The van der Waals surface area contributed by atoms with Gasteiger partial charge in [-0.3, -0.25) is 0 Å². The number of sulfonamides is 1. The SMILES string of the molecule is Cc1nn(C(C)c2ccc(Cl)cc2Cl)c2nc(N3CC(C4CCCN(CCNS(=O)(=O)C(C)C)C4)C3)cnc12. The molecule has 0 spiro atoms. The second-order valence-corrected chi connectivity index (χ2v) is 14.3. The van der Waals surface area contributed by atoms with Gasteiger partial charge in [0, 0.05) is 42.8 Å². The van der Waals surface area contributed by atoms with Crippen molar-refractivity contribution < 1.29 is 8.42 Å². The van der Waals surface area contributed by atoms with Crippen molar-refractivity contribution in [2.24, 2.45) is 11.8 Å². The fraction of sp³-hybridized carbons (Fsp3) is 0.593. The van der Waals surface area contributed by atoms with E-state index in [9.17, 15) is 8.42 Å². The summed E-state index contributed by atoms with van der Waals surface area (Å²) >= 11 is 12.6. The Morgan fingerprint density at radius 2 is 1.90 bits per heavy atom. The van der Waals surface area contributed by atoms with E-state index in [0.717, 1.165) is 67.4 Å². The third kappa shape index (κ3) is 6.05. The lowest BCUT2D eigenvalue weighted by atomic mass is 9.80. The van der Waals surface area contributed by atoms with E-state index in [0.29, 0.717) is 28.4 Å². The molecule has 2 atom stereocenters. The highest BCUT2D eigenvalue weighted by molar-refractivity contribution is 7.90. The molecule has 3 aromatic rings. The average Bonchev–Trinajstić information content (AvgIpc) is 3.19. The minimum Gasteiger partial charge on any atom is -0.355 e. The number of aromatic nitrogens is 4. The monoisotopic (exact) mass is 593 g/mol. The van der Waals surface area contributed by atoms with Crippen LogP contribution in [0, 0.1) is 18.8 Å². The fourth-order valence-corrected chi connectivity index (χ4v) is 6.90. The Labute approximate surface area is 240 Å². The molecule has 12 heteroatoms. The molecule has 2 fully saturated rings. The van der Waals surface area contributed by atoms with E-state index in [2.05, 4.69) is 21.4 Å². The molecule has 5 rings (SSSR count). The average molecular weight is 595 g/mol. The van der Waals surface area contributed by atoms with Crippen LogP contribution in [0.2, 0.25) is 10.0 Å². The van der Waals surface area contributed by atoms with Gasteiger partial charge >= 0.3 is 0 Å². The van der Waals surface area contributed by atoms with E-state index in [1.54, 1.807) is 19.9 Å². The molecule has 2 aliphatic heterocycles. The van der Waals surface area contributed by atoms with E-state index < -0.39 is 15.3 Å². The summed E-state index contributed by atoms with van der Waals surface area (Å²) in [4.78, 5) is 14.4. The Bertz CT molecular complexity index is 1440. The van der Waals surface area contributed by atoms with Gasteiger partial charge in [-0.2, -0.15) is 5.10 Å². The van der Waals surface area contributed by atoms with Crippen molar-refractivity contribution in [1.82, 2.24) is 29.4 Å². The van der Waals surface area contributed by atoms with Crippen molar-refractivity contribution in [3.8, 4) is 0 Å². The molecule has 0 aliphatic carbocycles. The molecule has 1 aromatic carbocycles. The van der Waals surface area contributed by atoms with Crippen LogP contribution in [0.15, 0.2) is 24.4 Å². The first-order valence-electron chi connectivity index (χ1n) is 13.7. The molecule has 0 saturated carbocycles. The first-order chi connectivity index (χ1) is 18.5. The van der Waals surface area contributed by atoms with Gasteiger partial charge in [0.25, 0.3) is 0 Å². The third-order valence-electron chi connectivity index (χ3n) is 8.13. The molecule has 9 nitrogen and oxygen atoms in total. The number of fused-ring (bicyclic) bond motifs is 1. The maximum atomic E-state index is 12.0. The molecule has 0 amide bonds.